The fraction of sp³-hybridized carbons (Fsp3) is 0.0909. The summed E-state index contributed by atoms with van der Waals surface area (Å²) in [7, 11) is 0. The molecule has 0 spiro atoms. The quantitative estimate of drug-likeness (QED) is 0.821. The Morgan fingerprint density at radius 2 is 2.38 bits per heavy atom. The van der Waals surface area contributed by atoms with Gasteiger partial charge in [0.2, 0.25) is 0 Å². The van der Waals surface area contributed by atoms with E-state index < -0.39 is 0 Å². The Labute approximate surface area is 103 Å². The van der Waals surface area contributed by atoms with Gasteiger partial charge >= 0.3 is 0 Å². The molecule has 0 aliphatic heterocycles. The lowest BCUT2D eigenvalue weighted by atomic mass is 10.2. The van der Waals surface area contributed by atoms with Gasteiger partial charge in [0.15, 0.2) is 0 Å². The van der Waals surface area contributed by atoms with Gasteiger partial charge in [0.05, 0.1) is 12.1 Å². The first kappa shape index (κ1) is 11.2. The average molecular weight is 250 g/mol. The largest absolute Gasteiger partial charge is 0.347 e. The van der Waals surface area contributed by atoms with Gasteiger partial charge in [0.25, 0.3) is 5.91 Å². The second-order valence-electron chi connectivity index (χ2n) is 3.20. The summed E-state index contributed by atoms with van der Waals surface area (Å²) in [6, 6.07) is 7.15. The van der Waals surface area contributed by atoms with Gasteiger partial charge in [-0.05, 0) is 18.2 Å². The molecule has 0 atom stereocenters. The Hall–Kier alpha value is -1.33. The fourth-order valence-electron chi connectivity index (χ4n) is 1.25. The summed E-state index contributed by atoms with van der Waals surface area (Å²) in [5.41, 5.74) is 2.37. The van der Waals surface area contributed by atoms with Crippen LogP contribution >= 0.6 is 24.0 Å². The van der Waals surface area contributed by atoms with Gasteiger partial charge in [-0.2, -0.15) is 0 Å². The molecule has 0 saturated carbocycles. The zero-order valence-corrected chi connectivity index (χ0v) is 10.1. The first-order valence-electron chi connectivity index (χ1n) is 4.70. The molecule has 0 radical (unpaired) electrons. The minimum absolute atomic E-state index is 0.0932. The molecule has 1 aromatic carbocycles. The molecule has 0 aliphatic carbocycles. The van der Waals surface area contributed by atoms with Crippen molar-refractivity contribution < 1.29 is 4.79 Å². The Bertz CT molecular complexity index is 482. The van der Waals surface area contributed by atoms with Crippen LogP contribution in [0.4, 0.5) is 0 Å². The van der Waals surface area contributed by atoms with Crippen LogP contribution in [0.25, 0.3) is 0 Å². The minimum atomic E-state index is -0.0932. The third kappa shape index (κ3) is 2.84. The molecule has 0 unspecified atom stereocenters. The van der Waals surface area contributed by atoms with Crippen molar-refractivity contribution in [3.63, 3.8) is 0 Å². The number of hydrogen-bond acceptors (Lipinski definition) is 4. The van der Waals surface area contributed by atoms with Gasteiger partial charge in [-0.25, -0.2) is 0 Å². The number of rotatable bonds is 3. The number of amides is 1. The Morgan fingerprint density at radius 3 is 3.06 bits per heavy atom. The van der Waals surface area contributed by atoms with Crippen molar-refractivity contribution in [1.29, 1.82) is 0 Å². The Kier molecular flexibility index (Phi) is 3.58. The third-order valence-corrected chi connectivity index (χ3v) is 3.07. The number of benzene rings is 1. The van der Waals surface area contributed by atoms with E-state index in [1.165, 1.54) is 11.3 Å². The summed E-state index contributed by atoms with van der Waals surface area (Å²) >= 11 is 5.71. The predicted molar refractivity (Wildman–Crippen MR) is 67.0 cm³/mol. The Balaban J connectivity index is 1.98. The molecule has 82 valence electrons. The fourth-order valence-corrected chi connectivity index (χ4v) is 2.01. The van der Waals surface area contributed by atoms with E-state index in [1.807, 2.05) is 12.1 Å². The molecule has 3 nitrogen and oxygen atoms in total. The molecule has 0 bridgehead atoms. The SMILES string of the molecule is O=C(NCc1cncs1)c1cccc(S)c1. The van der Waals surface area contributed by atoms with E-state index in [-0.39, 0.29) is 5.91 Å². The van der Waals surface area contributed by atoms with E-state index in [0.717, 1.165) is 9.77 Å². The third-order valence-electron chi connectivity index (χ3n) is 2.01. The molecule has 1 N–H and O–H groups in total. The lowest BCUT2D eigenvalue weighted by Crippen LogP contribution is -2.22. The molecule has 5 heteroatoms. The highest BCUT2D eigenvalue weighted by molar-refractivity contribution is 7.80. The molecular weight excluding hydrogens is 240 g/mol. The smallest absolute Gasteiger partial charge is 0.251 e. The van der Waals surface area contributed by atoms with E-state index in [2.05, 4.69) is 22.9 Å². The standard InChI is InChI=1S/C11H10N2OS2/c14-11(8-2-1-3-9(15)4-8)13-6-10-5-12-7-16-10/h1-5,7,15H,6H2,(H,13,14). The van der Waals surface area contributed by atoms with E-state index >= 15 is 0 Å². The monoisotopic (exact) mass is 250 g/mol. The van der Waals surface area contributed by atoms with Crippen molar-refractivity contribution in [2.75, 3.05) is 0 Å². The molecule has 1 aromatic heterocycles. The molecule has 0 fully saturated rings. The average Bonchev–Trinajstić information content (AvgIpc) is 2.78. The molecule has 1 heterocycles. The van der Waals surface area contributed by atoms with Crippen molar-refractivity contribution >= 4 is 29.9 Å². The van der Waals surface area contributed by atoms with Gasteiger partial charge in [-0.1, -0.05) is 6.07 Å². The first-order chi connectivity index (χ1) is 7.75. The summed E-state index contributed by atoms with van der Waals surface area (Å²) in [5.74, 6) is -0.0932. The number of nitrogens with zero attached hydrogens (tertiary/aromatic N) is 1. The molecule has 2 aromatic rings. The molecule has 2 rings (SSSR count). The zero-order chi connectivity index (χ0) is 11.4. The van der Waals surface area contributed by atoms with E-state index in [1.54, 1.807) is 23.8 Å². The molecular formula is C11H10N2OS2. The lowest BCUT2D eigenvalue weighted by molar-refractivity contribution is 0.0951. The topological polar surface area (TPSA) is 42.0 Å². The van der Waals surface area contributed by atoms with Gasteiger partial charge in [0, 0.05) is 21.5 Å². The number of carbonyl (C=O) groups is 1. The second-order valence-corrected chi connectivity index (χ2v) is 4.69. The Morgan fingerprint density at radius 1 is 1.50 bits per heavy atom. The van der Waals surface area contributed by atoms with Crippen LogP contribution in [0, 0.1) is 0 Å². The highest BCUT2D eigenvalue weighted by Crippen LogP contribution is 2.09. The number of hydrogen-bond donors (Lipinski definition) is 2. The maximum Gasteiger partial charge on any atom is 0.251 e. The molecule has 0 saturated heterocycles. The van der Waals surface area contributed by atoms with Crippen LogP contribution in [0.15, 0.2) is 40.9 Å². The van der Waals surface area contributed by atoms with Gasteiger partial charge < -0.3 is 5.32 Å². The van der Waals surface area contributed by atoms with E-state index in [0.29, 0.717) is 12.1 Å². The van der Waals surface area contributed by atoms with Gasteiger partial charge in [-0.3, -0.25) is 9.78 Å². The number of thiol groups is 1. The second kappa shape index (κ2) is 5.14. The highest BCUT2D eigenvalue weighted by atomic mass is 32.1. The summed E-state index contributed by atoms with van der Waals surface area (Å²) < 4.78 is 0. The normalized spacial score (nSPS) is 10.1. The first-order valence-corrected chi connectivity index (χ1v) is 6.03. The highest BCUT2D eigenvalue weighted by Gasteiger charge is 2.05. The summed E-state index contributed by atoms with van der Waals surface area (Å²) in [6.45, 7) is 0.514. The minimum Gasteiger partial charge on any atom is -0.347 e. The van der Waals surface area contributed by atoms with Crippen LogP contribution in [0.3, 0.4) is 0 Å². The van der Waals surface area contributed by atoms with E-state index in [9.17, 15) is 4.79 Å². The van der Waals surface area contributed by atoms with Crippen LogP contribution < -0.4 is 5.32 Å². The van der Waals surface area contributed by atoms with Crippen LogP contribution in [0.1, 0.15) is 15.2 Å². The van der Waals surface area contributed by atoms with Crippen molar-refractivity contribution in [2.24, 2.45) is 0 Å². The van der Waals surface area contributed by atoms with Crippen molar-refractivity contribution in [3.8, 4) is 0 Å². The van der Waals surface area contributed by atoms with Crippen LogP contribution in [0.2, 0.25) is 0 Å². The van der Waals surface area contributed by atoms with Crippen LogP contribution in [-0.4, -0.2) is 10.9 Å². The number of thiazole rings is 1. The maximum absolute atomic E-state index is 11.7. The van der Waals surface area contributed by atoms with Crippen molar-refractivity contribution in [3.05, 3.63) is 46.4 Å². The predicted octanol–water partition coefficient (Wildman–Crippen LogP) is 2.36. The van der Waals surface area contributed by atoms with Crippen LogP contribution in [-0.2, 0) is 6.54 Å². The lowest BCUT2D eigenvalue weighted by Gasteiger charge is -2.03. The van der Waals surface area contributed by atoms with E-state index in [4.69, 9.17) is 0 Å². The molecule has 0 aliphatic rings. The van der Waals surface area contributed by atoms with Crippen molar-refractivity contribution in [2.45, 2.75) is 11.4 Å². The number of nitrogens with one attached hydrogen (secondary N) is 1. The van der Waals surface area contributed by atoms with Gasteiger partial charge in [-0.15, -0.1) is 24.0 Å². The number of carbonyl (C=O) groups excluding carboxylic acids is 1. The molecule has 16 heavy (non-hydrogen) atoms. The summed E-state index contributed by atoms with van der Waals surface area (Å²) in [6.07, 6.45) is 1.75. The van der Waals surface area contributed by atoms with Gasteiger partial charge in [0.1, 0.15) is 0 Å². The summed E-state index contributed by atoms with van der Waals surface area (Å²) in [4.78, 5) is 17.5. The maximum atomic E-state index is 11.7. The number of aromatic nitrogens is 1. The molecule has 1 amide bonds. The zero-order valence-electron chi connectivity index (χ0n) is 8.38. The van der Waals surface area contributed by atoms with Crippen molar-refractivity contribution in [1.82, 2.24) is 10.3 Å². The van der Waals surface area contributed by atoms with Crippen LogP contribution in [0.5, 0.6) is 0 Å². The summed E-state index contributed by atoms with van der Waals surface area (Å²) in [5, 5.41) is 2.83.